The number of hydrogen-bond donors (Lipinski definition) is 1. The summed E-state index contributed by atoms with van der Waals surface area (Å²) in [6, 6.07) is 0.406. The van der Waals surface area contributed by atoms with Gasteiger partial charge in [-0.2, -0.15) is 0 Å². The van der Waals surface area contributed by atoms with Crippen LogP contribution >= 0.6 is 0 Å². The Morgan fingerprint density at radius 1 is 1.19 bits per heavy atom. The van der Waals surface area contributed by atoms with Gasteiger partial charge in [-0.1, -0.05) is 0 Å². The Bertz CT molecular complexity index is 495. The largest absolute Gasteiger partial charge is 0.368 e. The van der Waals surface area contributed by atoms with Gasteiger partial charge >= 0.3 is 0 Å². The molecule has 3 rings (SSSR count). The highest BCUT2D eigenvalue weighted by molar-refractivity contribution is 5.80. The fourth-order valence-corrected chi connectivity index (χ4v) is 3.48. The molecule has 6 heteroatoms. The second-order valence-corrected chi connectivity index (χ2v) is 6.08. The Morgan fingerprint density at radius 3 is 2.48 bits per heavy atom. The molecule has 2 fully saturated rings. The zero-order valence-electron chi connectivity index (χ0n) is 12.5. The molecule has 1 atom stereocenters. The second-order valence-electron chi connectivity index (χ2n) is 6.08. The molecule has 0 saturated carbocycles. The predicted octanol–water partition coefficient (Wildman–Crippen LogP) is 0.704. The number of anilines is 1. The molecule has 3 heterocycles. The number of hydrogen-bond acceptors (Lipinski definition) is 5. The zero-order valence-corrected chi connectivity index (χ0v) is 12.5. The van der Waals surface area contributed by atoms with Crippen molar-refractivity contribution >= 4 is 11.9 Å². The van der Waals surface area contributed by atoms with Crippen LogP contribution < -0.4 is 10.6 Å². The minimum absolute atomic E-state index is 0.0582. The number of amides is 1. The molecule has 114 valence electrons. The number of carbonyl (C=O) groups excluding carboxylic acids is 1. The Morgan fingerprint density at radius 2 is 1.86 bits per heavy atom. The number of piperidine rings is 1. The topological polar surface area (TPSA) is 75.3 Å². The van der Waals surface area contributed by atoms with Gasteiger partial charge in [0, 0.05) is 31.5 Å². The van der Waals surface area contributed by atoms with E-state index in [0.29, 0.717) is 6.04 Å². The van der Waals surface area contributed by atoms with Crippen molar-refractivity contribution in [2.75, 3.05) is 24.5 Å². The van der Waals surface area contributed by atoms with Gasteiger partial charge in [0.25, 0.3) is 0 Å². The lowest BCUT2D eigenvalue weighted by Crippen LogP contribution is -2.50. The van der Waals surface area contributed by atoms with Crippen LogP contribution in [0.4, 0.5) is 5.95 Å². The van der Waals surface area contributed by atoms with Crippen LogP contribution in [0.15, 0.2) is 12.4 Å². The van der Waals surface area contributed by atoms with Crippen molar-refractivity contribution < 1.29 is 4.79 Å². The van der Waals surface area contributed by atoms with Crippen LogP contribution in [0.25, 0.3) is 0 Å². The van der Waals surface area contributed by atoms with E-state index in [4.69, 9.17) is 5.73 Å². The molecule has 2 N–H and O–H groups in total. The Hall–Kier alpha value is -1.69. The molecular weight excluding hydrogens is 266 g/mol. The molecule has 1 aromatic rings. The molecule has 0 spiro atoms. The van der Waals surface area contributed by atoms with E-state index >= 15 is 0 Å². The van der Waals surface area contributed by atoms with Crippen molar-refractivity contribution in [1.29, 1.82) is 0 Å². The smallest absolute Gasteiger partial charge is 0.234 e. The van der Waals surface area contributed by atoms with Crippen molar-refractivity contribution in [3.63, 3.8) is 0 Å². The first-order chi connectivity index (χ1) is 10.1. The second kappa shape index (κ2) is 5.97. The fourth-order valence-electron chi connectivity index (χ4n) is 3.48. The van der Waals surface area contributed by atoms with Gasteiger partial charge in [-0.3, -0.25) is 9.69 Å². The maximum Gasteiger partial charge on any atom is 0.234 e. The third-order valence-electron chi connectivity index (χ3n) is 4.61. The molecule has 21 heavy (non-hydrogen) atoms. The Labute approximate surface area is 125 Å². The van der Waals surface area contributed by atoms with Gasteiger partial charge in [0.15, 0.2) is 0 Å². The number of likely N-dealkylation sites (tertiary alicyclic amines) is 1. The van der Waals surface area contributed by atoms with Gasteiger partial charge in [-0.25, -0.2) is 9.97 Å². The average molecular weight is 289 g/mol. The number of nitrogens with two attached hydrogens (primary N) is 1. The predicted molar refractivity (Wildman–Crippen MR) is 80.9 cm³/mol. The number of nitrogens with zero attached hydrogens (tertiary/aromatic N) is 4. The van der Waals surface area contributed by atoms with Gasteiger partial charge in [0.1, 0.15) is 0 Å². The van der Waals surface area contributed by atoms with Gasteiger partial charge in [0.05, 0.1) is 6.04 Å². The minimum atomic E-state index is -0.170. The summed E-state index contributed by atoms with van der Waals surface area (Å²) in [5.74, 6) is 0.642. The maximum absolute atomic E-state index is 11.5. The highest BCUT2D eigenvalue weighted by Crippen LogP contribution is 2.26. The Balaban J connectivity index is 1.60. The summed E-state index contributed by atoms with van der Waals surface area (Å²) in [5.41, 5.74) is 6.60. The zero-order chi connectivity index (χ0) is 14.8. The van der Waals surface area contributed by atoms with E-state index in [1.807, 2.05) is 19.3 Å². The highest BCUT2D eigenvalue weighted by Gasteiger charge is 2.35. The first-order valence-electron chi connectivity index (χ1n) is 7.74. The quantitative estimate of drug-likeness (QED) is 0.886. The summed E-state index contributed by atoms with van der Waals surface area (Å²) in [5, 5.41) is 0. The number of primary amides is 1. The highest BCUT2D eigenvalue weighted by atomic mass is 16.1. The molecule has 0 bridgehead atoms. The summed E-state index contributed by atoms with van der Waals surface area (Å²) in [6.45, 7) is 4.87. The molecule has 1 amide bonds. The van der Waals surface area contributed by atoms with Crippen molar-refractivity contribution in [3.8, 4) is 0 Å². The summed E-state index contributed by atoms with van der Waals surface area (Å²) in [6.07, 6.45) is 7.80. The van der Waals surface area contributed by atoms with Crippen LogP contribution in [0, 0.1) is 6.92 Å². The van der Waals surface area contributed by atoms with Crippen LogP contribution in [-0.4, -0.2) is 52.5 Å². The van der Waals surface area contributed by atoms with Crippen LogP contribution in [0.1, 0.15) is 31.2 Å². The van der Waals surface area contributed by atoms with E-state index in [9.17, 15) is 4.79 Å². The van der Waals surface area contributed by atoms with Crippen LogP contribution in [0.2, 0.25) is 0 Å². The fraction of sp³-hybridized carbons (Fsp3) is 0.667. The molecule has 2 aliphatic heterocycles. The van der Waals surface area contributed by atoms with Crippen molar-refractivity contribution in [3.05, 3.63) is 18.0 Å². The van der Waals surface area contributed by atoms with Crippen molar-refractivity contribution in [2.24, 2.45) is 5.73 Å². The third-order valence-corrected chi connectivity index (χ3v) is 4.61. The summed E-state index contributed by atoms with van der Waals surface area (Å²) in [4.78, 5) is 24.9. The van der Waals surface area contributed by atoms with Crippen LogP contribution in [0.3, 0.4) is 0 Å². The summed E-state index contributed by atoms with van der Waals surface area (Å²) >= 11 is 0. The molecule has 0 aromatic carbocycles. The van der Waals surface area contributed by atoms with Gasteiger partial charge in [-0.05, 0) is 44.7 Å². The van der Waals surface area contributed by atoms with E-state index in [0.717, 1.165) is 56.8 Å². The molecule has 0 aliphatic carbocycles. The summed E-state index contributed by atoms with van der Waals surface area (Å²) in [7, 11) is 0. The summed E-state index contributed by atoms with van der Waals surface area (Å²) < 4.78 is 0. The first-order valence-corrected chi connectivity index (χ1v) is 7.74. The first kappa shape index (κ1) is 14.3. The molecule has 0 radical (unpaired) electrons. The molecule has 2 saturated heterocycles. The lowest BCUT2D eigenvalue weighted by atomic mass is 10.0. The van der Waals surface area contributed by atoms with Crippen molar-refractivity contribution in [1.82, 2.24) is 14.9 Å². The lowest BCUT2D eigenvalue weighted by molar-refractivity contribution is -0.123. The van der Waals surface area contributed by atoms with E-state index in [1.54, 1.807) is 0 Å². The van der Waals surface area contributed by atoms with E-state index in [1.165, 1.54) is 0 Å². The number of aromatic nitrogens is 2. The van der Waals surface area contributed by atoms with E-state index in [-0.39, 0.29) is 11.9 Å². The molecule has 2 aliphatic rings. The van der Waals surface area contributed by atoms with Gasteiger partial charge in [-0.15, -0.1) is 0 Å². The average Bonchev–Trinajstić information content (AvgIpc) is 2.98. The molecular formula is C15H23N5O. The minimum Gasteiger partial charge on any atom is -0.368 e. The third kappa shape index (κ3) is 3.00. The molecule has 1 aromatic heterocycles. The normalized spacial score (nSPS) is 24.4. The van der Waals surface area contributed by atoms with Crippen molar-refractivity contribution in [2.45, 2.75) is 44.7 Å². The SMILES string of the molecule is Cc1cnc(N2CCC(N3CCCC3C(N)=O)CC2)nc1. The van der Waals surface area contributed by atoms with E-state index in [2.05, 4.69) is 19.8 Å². The molecule has 1 unspecified atom stereocenters. The maximum atomic E-state index is 11.5. The monoisotopic (exact) mass is 289 g/mol. The van der Waals surface area contributed by atoms with E-state index < -0.39 is 0 Å². The number of aryl methyl sites for hydroxylation is 1. The van der Waals surface area contributed by atoms with Gasteiger partial charge < -0.3 is 10.6 Å². The molecule has 6 nitrogen and oxygen atoms in total. The Kier molecular flexibility index (Phi) is 4.05. The number of rotatable bonds is 3. The van der Waals surface area contributed by atoms with Gasteiger partial charge in [0.2, 0.25) is 11.9 Å². The van der Waals surface area contributed by atoms with Crippen LogP contribution in [0.5, 0.6) is 0 Å². The lowest BCUT2D eigenvalue weighted by Gasteiger charge is -2.38. The standard InChI is InChI=1S/C15H23N5O/c1-11-9-17-15(18-10-11)19-7-4-12(5-8-19)20-6-2-3-13(20)14(16)21/h9-10,12-13H,2-8H2,1H3,(H2,16,21). The van der Waals surface area contributed by atoms with Crippen LogP contribution in [-0.2, 0) is 4.79 Å². The number of carbonyl (C=O) groups is 1.